The lowest BCUT2D eigenvalue weighted by Gasteiger charge is -2.09. The highest BCUT2D eigenvalue weighted by Crippen LogP contribution is 2.18. The zero-order valence-electron chi connectivity index (χ0n) is 17.5. The van der Waals surface area contributed by atoms with Crippen LogP contribution in [-0.2, 0) is 16.2 Å². The predicted molar refractivity (Wildman–Crippen MR) is 122 cm³/mol. The number of para-hydroxylation sites is 1. The van der Waals surface area contributed by atoms with Gasteiger partial charge in [-0.1, -0.05) is 68.4 Å². The fourth-order valence-corrected chi connectivity index (χ4v) is 2.80. The molecular formula is C25H25N3O3. The molecule has 0 aliphatic heterocycles. The first-order chi connectivity index (χ1) is 15.0. The minimum Gasteiger partial charge on any atom is -0.488 e. The topological polar surface area (TPSA) is 79.8 Å². The second-order valence-electron chi connectivity index (χ2n) is 7.24. The zero-order valence-corrected chi connectivity index (χ0v) is 17.5. The molecule has 6 nitrogen and oxygen atoms in total. The summed E-state index contributed by atoms with van der Waals surface area (Å²) in [6.45, 7) is 4.59. The van der Waals surface area contributed by atoms with Crippen molar-refractivity contribution >= 4 is 23.7 Å². The van der Waals surface area contributed by atoms with Gasteiger partial charge in [-0.3, -0.25) is 9.59 Å². The van der Waals surface area contributed by atoms with E-state index in [9.17, 15) is 9.59 Å². The normalized spacial score (nSPS) is 10.8. The highest BCUT2D eigenvalue weighted by molar-refractivity contribution is 6.39. The summed E-state index contributed by atoms with van der Waals surface area (Å²) in [4.78, 5) is 24.1. The van der Waals surface area contributed by atoms with Gasteiger partial charge in [-0.15, -0.1) is 0 Å². The second-order valence-corrected chi connectivity index (χ2v) is 7.24. The van der Waals surface area contributed by atoms with Crippen LogP contribution in [-0.4, -0.2) is 18.0 Å². The van der Waals surface area contributed by atoms with Gasteiger partial charge in [0.25, 0.3) is 0 Å². The van der Waals surface area contributed by atoms with Crippen LogP contribution in [0.3, 0.4) is 0 Å². The molecule has 3 rings (SSSR count). The molecule has 0 radical (unpaired) electrons. The molecule has 0 fully saturated rings. The number of benzene rings is 3. The molecule has 158 valence electrons. The van der Waals surface area contributed by atoms with Gasteiger partial charge in [0.1, 0.15) is 12.4 Å². The lowest BCUT2D eigenvalue weighted by molar-refractivity contribution is -0.136. The maximum atomic E-state index is 12.1. The molecule has 0 saturated heterocycles. The first-order valence-electron chi connectivity index (χ1n) is 10.0. The van der Waals surface area contributed by atoms with Gasteiger partial charge in [0.15, 0.2) is 0 Å². The molecule has 0 bridgehead atoms. The number of hydrazone groups is 1. The van der Waals surface area contributed by atoms with Gasteiger partial charge in [-0.05, 0) is 41.3 Å². The first kappa shape index (κ1) is 21.8. The minimum atomic E-state index is -0.855. The number of amides is 2. The van der Waals surface area contributed by atoms with Crippen LogP contribution in [0.4, 0.5) is 5.69 Å². The van der Waals surface area contributed by atoms with E-state index in [2.05, 4.69) is 29.7 Å². The third-order valence-corrected chi connectivity index (χ3v) is 4.57. The fourth-order valence-electron chi connectivity index (χ4n) is 2.80. The van der Waals surface area contributed by atoms with Crippen molar-refractivity contribution in [2.45, 2.75) is 26.4 Å². The molecular weight excluding hydrogens is 390 g/mol. The number of anilines is 1. The molecule has 0 saturated carbocycles. The van der Waals surface area contributed by atoms with Crippen LogP contribution in [0.5, 0.6) is 5.75 Å². The summed E-state index contributed by atoms with van der Waals surface area (Å²) >= 11 is 0. The molecule has 6 heteroatoms. The van der Waals surface area contributed by atoms with Gasteiger partial charge >= 0.3 is 11.8 Å². The number of carbonyl (C=O) groups excluding carboxylic acids is 2. The Hall–Kier alpha value is -3.93. The van der Waals surface area contributed by atoms with Crippen molar-refractivity contribution in [3.05, 3.63) is 95.6 Å². The quantitative estimate of drug-likeness (QED) is 0.339. The Bertz CT molecular complexity index is 1050. The Balaban J connectivity index is 1.54. The van der Waals surface area contributed by atoms with Crippen molar-refractivity contribution in [3.8, 4) is 5.75 Å². The third kappa shape index (κ3) is 6.54. The molecule has 0 aliphatic rings. The third-order valence-electron chi connectivity index (χ3n) is 4.57. The van der Waals surface area contributed by atoms with Gasteiger partial charge in [0.05, 0.1) is 6.21 Å². The van der Waals surface area contributed by atoms with Crippen LogP contribution < -0.4 is 15.5 Å². The first-order valence-corrected chi connectivity index (χ1v) is 10.0. The van der Waals surface area contributed by atoms with Crippen LogP contribution >= 0.6 is 0 Å². The number of rotatable bonds is 7. The van der Waals surface area contributed by atoms with E-state index in [0.29, 0.717) is 29.5 Å². The van der Waals surface area contributed by atoms with Gasteiger partial charge in [-0.2, -0.15) is 5.10 Å². The Kier molecular flexibility index (Phi) is 7.54. The number of carbonyl (C=O) groups is 2. The van der Waals surface area contributed by atoms with Crippen LogP contribution in [0.1, 0.15) is 36.5 Å². The van der Waals surface area contributed by atoms with Gasteiger partial charge in [-0.25, -0.2) is 5.43 Å². The van der Waals surface area contributed by atoms with E-state index in [1.54, 1.807) is 12.1 Å². The minimum absolute atomic E-state index is 0.391. The molecule has 2 N–H and O–H groups in total. The Labute approximate surface area is 182 Å². The van der Waals surface area contributed by atoms with Crippen molar-refractivity contribution < 1.29 is 14.3 Å². The Morgan fingerprint density at radius 3 is 2.29 bits per heavy atom. The number of ether oxygens (including phenoxy) is 1. The number of nitrogens with one attached hydrogen (secondary N) is 2. The highest BCUT2D eigenvalue weighted by Gasteiger charge is 2.13. The standard InChI is InChI=1S/C25H25N3O3/c1-18(2)20-12-14-22(15-13-20)27-24(29)25(30)28-26-16-21-10-6-7-11-23(21)31-17-19-8-4-3-5-9-19/h3-16,18H,17H2,1-2H3,(H,27,29)(H,28,30)/b26-16-. The Morgan fingerprint density at radius 2 is 1.58 bits per heavy atom. The number of hydrogen-bond donors (Lipinski definition) is 2. The van der Waals surface area contributed by atoms with Gasteiger partial charge in [0, 0.05) is 11.3 Å². The van der Waals surface area contributed by atoms with E-state index >= 15 is 0 Å². The molecule has 3 aromatic rings. The van der Waals surface area contributed by atoms with Crippen molar-refractivity contribution in [1.82, 2.24) is 5.43 Å². The fraction of sp³-hybridized carbons (Fsp3) is 0.160. The van der Waals surface area contributed by atoms with Crippen molar-refractivity contribution in [2.24, 2.45) is 5.10 Å². The van der Waals surface area contributed by atoms with Crippen molar-refractivity contribution in [1.29, 1.82) is 0 Å². The summed E-state index contributed by atoms with van der Waals surface area (Å²) in [5.41, 5.74) is 5.67. The van der Waals surface area contributed by atoms with E-state index in [-0.39, 0.29) is 0 Å². The van der Waals surface area contributed by atoms with Crippen LogP contribution in [0.25, 0.3) is 0 Å². The van der Waals surface area contributed by atoms with E-state index in [1.807, 2.05) is 66.7 Å². The molecule has 0 unspecified atom stereocenters. The lowest BCUT2D eigenvalue weighted by Crippen LogP contribution is -2.32. The van der Waals surface area contributed by atoms with E-state index in [4.69, 9.17) is 4.74 Å². The maximum Gasteiger partial charge on any atom is 0.329 e. The highest BCUT2D eigenvalue weighted by atomic mass is 16.5. The van der Waals surface area contributed by atoms with Gasteiger partial charge in [0.2, 0.25) is 0 Å². The second kappa shape index (κ2) is 10.7. The summed E-state index contributed by atoms with van der Waals surface area (Å²) in [5, 5.41) is 6.45. The van der Waals surface area contributed by atoms with Crippen LogP contribution in [0.2, 0.25) is 0 Å². The summed E-state index contributed by atoms with van der Waals surface area (Å²) in [7, 11) is 0. The molecule has 2 amide bonds. The number of nitrogens with zero attached hydrogens (tertiary/aromatic N) is 1. The van der Waals surface area contributed by atoms with E-state index in [0.717, 1.165) is 11.1 Å². The van der Waals surface area contributed by atoms with E-state index < -0.39 is 11.8 Å². The molecule has 0 aliphatic carbocycles. The molecule has 0 aromatic heterocycles. The Morgan fingerprint density at radius 1 is 0.903 bits per heavy atom. The SMILES string of the molecule is CC(C)c1ccc(NC(=O)C(=O)N/N=C\c2ccccc2OCc2ccccc2)cc1. The molecule has 0 heterocycles. The van der Waals surface area contributed by atoms with Crippen molar-refractivity contribution in [2.75, 3.05) is 5.32 Å². The molecule has 3 aromatic carbocycles. The monoisotopic (exact) mass is 415 g/mol. The van der Waals surface area contributed by atoms with Crippen LogP contribution in [0, 0.1) is 0 Å². The largest absolute Gasteiger partial charge is 0.488 e. The summed E-state index contributed by atoms with van der Waals surface area (Å²) < 4.78 is 5.85. The lowest BCUT2D eigenvalue weighted by atomic mass is 10.0. The average Bonchev–Trinajstić information content (AvgIpc) is 2.79. The van der Waals surface area contributed by atoms with Crippen molar-refractivity contribution in [3.63, 3.8) is 0 Å². The molecule has 31 heavy (non-hydrogen) atoms. The maximum absolute atomic E-state index is 12.1. The van der Waals surface area contributed by atoms with Crippen LogP contribution in [0.15, 0.2) is 84.0 Å². The zero-order chi connectivity index (χ0) is 22.1. The van der Waals surface area contributed by atoms with E-state index in [1.165, 1.54) is 6.21 Å². The van der Waals surface area contributed by atoms with Gasteiger partial charge < -0.3 is 10.1 Å². The average molecular weight is 415 g/mol. The number of hydrogen-bond acceptors (Lipinski definition) is 4. The summed E-state index contributed by atoms with van der Waals surface area (Å²) in [5.74, 6) is -0.629. The predicted octanol–water partition coefficient (Wildman–Crippen LogP) is 4.48. The molecule has 0 atom stereocenters. The summed E-state index contributed by atoms with van der Waals surface area (Å²) in [6.07, 6.45) is 1.45. The molecule has 0 spiro atoms. The summed E-state index contributed by atoms with van der Waals surface area (Å²) in [6, 6.07) is 24.5. The smallest absolute Gasteiger partial charge is 0.329 e.